The van der Waals surface area contributed by atoms with Gasteiger partial charge in [0.2, 0.25) is 0 Å². The summed E-state index contributed by atoms with van der Waals surface area (Å²) in [5.74, 6) is 2.45. The Labute approximate surface area is 127 Å². The van der Waals surface area contributed by atoms with Crippen molar-refractivity contribution in [3.8, 4) is 0 Å². The number of nitrogens with one attached hydrogen (secondary N) is 2. The minimum absolute atomic E-state index is 0.0198. The number of anilines is 2. The van der Waals surface area contributed by atoms with Crippen LogP contribution in [-0.2, 0) is 6.54 Å². The van der Waals surface area contributed by atoms with Crippen LogP contribution in [0.2, 0.25) is 0 Å². The van der Waals surface area contributed by atoms with Gasteiger partial charge in [0.1, 0.15) is 17.5 Å². The van der Waals surface area contributed by atoms with Crippen LogP contribution in [0.4, 0.5) is 11.6 Å². The van der Waals surface area contributed by atoms with Crippen LogP contribution in [0.1, 0.15) is 37.7 Å². The third-order valence-corrected chi connectivity index (χ3v) is 3.06. The van der Waals surface area contributed by atoms with Gasteiger partial charge in [-0.15, -0.1) is 0 Å². The summed E-state index contributed by atoms with van der Waals surface area (Å²) >= 11 is 0. The molecule has 4 heteroatoms. The highest BCUT2D eigenvalue weighted by Crippen LogP contribution is 2.17. The minimum Gasteiger partial charge on any atom is -0.366 e. The standard InChI is InChI=1S/C17H24N4/c1-12-8-6-7-9-14(12)11-18-15-10-16(20-13(2)19-15)21-17(3,4)5/h6-10H,11H2,1-5H3,(H2,18,19,20,21). The number of aromatic nitrogens is 2. The highest BCUT2D eigenvalue weighted by atomic mass is 15.1. The monoisotopic (exact) mass is 284 g/mol. The molecule has 0 atom stereocenters. The second-order valence-electron chi connectivity index (χ2n) is 6.34. The molecule has 0 fully saturated rings. The number of hydrogen-bond donors (Lipinski definition) is 2. The highest BCUT2D eigenvalue weighted by molar-refractivity contribution is 5.49. The van der Waals surface area contributed by atoms with Gasteiger partial charge in [-0.1, -0.05) is 24.3 Å². The van der Waals surface area contributed by atoms with Gasteiger partial charge < -0.3 is 10.6 Å². The predicted octanol–water partition coefficient (Wildman–Crippen LogP) is 3.92. The van der Waals surface area contributed by atoms with E-state index < -0.39 is 0 Å². The third-order valence-electron chi connectivity index (χ3n) is 3.06. The van der Waals surface area contributed by atoms with Gasteiger partial charge >= 0.3 is 0 Å². The maximum atomic E-state index is 4.45. The molecular formula is C17H24N4. The van der Waals surface area contributed by atoms with Crippen molar-refractivity contribution >= 4 is 11.6 Å². The predicted molar refractivity (Wildman–Crippen MR) is 88.7 cm³/mol. The molecule has 0 unspecified atom stereocenters. The molecule has 0 saturated heterocycles. The van der Waals surface area contributed by atoms with Crippen molar-refractivity contribution < 1.29 is 0 Å². The SMILES string of the molecule is Cc1nc(NCc2ccccc2C)cc(NC(C)(C)C)n1. The van der Waals surface area contributed by atoms with E-state index in [0.29, 0.717) is 0 Å². The Morgan fingerprint density at radius 1 is 1.00 bits per heavy atom. The van der Waals surface area contributed by atoms with Gasteiger partial charge in [0.25, 0.3) is 0 Å². The molecule has 1 heterocycles. The summed E-state index contributed by atoms with van der Waals surface area (Å²) < 4.78 is 0. The van der Waals surface area contributed by atoms with Crippen molar-refractivity contribution in [3.05, 3.63) is 47.3 Å². The van der Waals surface area contributed by atoms with Gasteiger partial charge in [-0.05, 0) is 45.7 Å². The Kier molecular flexibility index (Phi) is 4.46. The van der Waals surface area contributed by atoms with Crippen molar-refractivity contribution in [2.24, 2.45) is 0 Å². The zero-order valence-corrected chi connectivity index (χ0v) is 13.5. The zero-order valence-electron chi connectivity index (χ0n) is 13.5. The molecule has 21 heavy (non-hydrogen) atoms. The lowest BCUT2D eigenvalue weighted by atomic mass is 10.1. The zero-order chi connectivity index (χ0) is 15.5. The van der Waals surface area contributed by atoms with Gasteiger partial charge in [0.05, 0.1) is 0 Å². The lowest BCUT2D eigenvalue weighted by Gasteiger charge is -2.21. The molecule has 0 radical (unpaired) electrons. The van der Waals surface area contributed by atoms with Gasteiger partial charge in [-0.2, -0.15) is 0 Å². The highest BCUT2D eigenvalue weighted by Gasteiger charge is 2.11. The molecule has 0 bridgehead atoms. The fourth-order valence-corrected chi connectivity index (χ4v) is 2.10. The summed E-state index contributed by atoms with van der Waals surface area (Å²) in [5, 5.41) is 6.76. The maximum absolute atomic E-state index is 4.45. The molecule has 2 aromatic rings. The summed E-state index contributed by atoms with van der Waals surface area (Å²) in [6, 6.07) is 10.3. The summed E-state index contributed by atoms with van der Waals surface area (Å²) in [4.78, 5) is 8.88. The molecule has 4 nitrogen and oxygen atoms in total. The van der Waals surface area contributed by atoms with Crippen molar-refractivity contribution in [1.29, 1.82) is 0 Å². The first-order valence-electron chi connectivity index (χ1n) is 7.26. The van der Waals surface area contributed by atoms with E-state index in [1.54, 1.807) is 0 Å². The van der Waals surface area contributed by atoms with Gasteiger partial charge in [0.15, 0.2) is 0 Å². The van der Waals surface area contributed by atoms with E-state index in [0.717, 1.165) is 24.0 Å². The van der Waals surface area contributed by atoms with Crippen LogP contribution in [-0.4, -0.2) is 15.5 Å². The Morgan fingerprint density at radius 2 is 1.67 bits per heavy atom. The maximum Gasteiger partial charge on any atom is 0.132 e. The number of nitrogens with zero attached hydrogens (tertiary/aromatic N) is 2. The van der Waals surface area contributed by atoms with Crippen molar-refractivity contribution in [1.82, 2.24) is 9.97 Å². The van der Waals surface area contributed by atoms with Crippen LogP contribution >= 0.6 is 0 Å². The van der Waals surface area contributed by atoms with Gasteiger partial charge in [0, 0.05) is 18.2 Å². The van der Waals surface area contributed by atoms with Crippen LogP contribution in [0, 0.1) is 13.8 Å². The van der Waals surface area contributed by atoms with Crippen LogP contribution in [0.25, 0.3) is 0 Å². The van der Waals surface area contributed by atoms with Gasteiger partial charge in [-0.25, -0.2) is 9.97 Å². The first-order chi connectivity index (χ1) is 9.83. The lowest BCUT2D eigenvalue weighted by Crippen LogP contribution is -2.27. The molecule has 0 aliphatic heterocycles. The Balaban J connectivity index is 2.12. The van der Waals surface area contributed by atoms with Crippen molar-refractivity contribution in [2.75, 3.05) is 10.6 Å². The molecule has 0 aliphatic carbocycles. The van der Waals surface area contributed by atoms with E-state index in [1.807, 2.05) is 13.0 Å². The summed E-state index contributed by atoms with van der Waals surface area (Å²) in [6.07, 6.45) is 0. The Hall–Kier alpha value is -2.10. The molecule has 2 rings (SSSR count). The molecule has 0 spiro atoms. The third kappa shape index (κ3) is 4.74. The summed E-state index contributed by atoms with van der Waals surface area (Å²) in [5.41, 5.74) is 2.54. The first kappa shape index (κ1) is 15.3. The van der Waals surface area contributed by atoms with Crippen LogP contribution in [0.3, 0.4) is 0 Å². The fraction of sp³-hybridized carbons (Fsp3) is 0.412. The Bertz CT molecular complexity index is 614. The van der Waals surface area contributed by atoms with Crippen molar-refractivity contribution in [3.63, 3.8) is 0 Å². The Morgan fingerprint density at radius 3 is 2.33 bits per heavy atom. The molecule has 0 saturated carbocycles. The molecule has 2 N–H and O–H groups in total. The molecule has 112 valence electrons. The number of rotatable bonds is 4. The molecule has 1 aromatic heterocycles. The first-order valence-corrected chi connectivity index (χ1v) is 7.26. The average molecular weight is 284 g/mol. The quantitative estimate of drug-likeness (QED) is 0.893. The second-order valence-corrected chi connectivity index (χ2v) is 6.34. The van der Waals surface area contributed by atoms with E-state index in [4.69, 9.17) is 0 Å². The summed E-state index contributed by atoms with van der Waals surface area (Å²) in [6.45, 7) is 11.1. The molecule has 1 aromatic carbocycles. The van der Waals surface area contributed by atoms with Crippen LogP contribution in [0.15, 0.2) is 30.3 Å². The normalized spacial score (nSPS) is 11.3. The molecular weight excluding hydrogens is 260 g/mol. The summed E-state index contributed by atoms with van der Waals surface area (Å²) in [7, 11) is 0. The lowest BCUT2D eigenvalue weighted by molar-refractivity contribution is 0.629. The van der Waals surface area contributed by atoms with Crippen molar-refractivity contribution in [2.45, 2.75) is 46.7 Å². The minimum atomic E-state index is -0.0198. The van der Waals surface area contributed by atoms with E-state index in [-0.39, 0.29) is 5.54 Å². The van der Waals surface area contributed by atoms with E-state index in [1.165, 1.54) is 11.1 Å². The number of hydrogen-bond acceptors (Lipinski definition) is 4. The topological polar surface area (TPSA) is 49.8 Å². The largest absolute Gasteiger partial charge is 0.366 e. The van der Waals surface area contributed by atoms with E-state index in [2.05, 4.69) is 72.6 Å². The second kappa shape index (κ2) is 6.12. The van der Waals surface area contributed by atoms with Crippen LogP contribution in [0.5, 0.6) is 0 Å². The fourth-order valence-electron chi connectivity index (χ4n) is 2.10. The number of aryl methyl sites for hydroxylation is 2. The van der Waals surface area contributed by atoms with Crippen LogP contribution < -0.4 is 10.6 Å². The molecule has 0 amide bonds. The smallest absolute Gasteiger partial charge is 0.132 e. The molecule has 0 aliphatic rings. The average Bonchev–Trinajstić information content (AvgIpc) is 2.35. The number of benzene rings is 1. The van der Waals surface area contributed by atoms with E-state index >= 15 is 0 Å². The van der Waals surface area contributed by atoms with Gasteiger partial charge in [-0.3, -0.25) is 0 Å². The van der Waals surface area contributed by atoms with E-state index in [9.17, 15) is 0 Å².